The molecule has 0 aromatic carbocycles. The van der Waals surface area contributed by atoms with E-state index in [1.807, 2.05) is 0 Å². The maximum atomic E-state index is 12.1. The first-order valence-electron chi connectivity index (χ1n) is 5.55. The lowest BCUT2D eigenvalue weighted by molar-refractivity contribution is -0.140. The quantitative estimate of drug-likeness (QED) is 0.635. The first kappa shape index (κ1) is 14.5. The second-order valence-electron chi connectivity index (χ2n) is 5.01. The van der Waals surface area contributed by atoms with Crippen LogP contribution in [-0.2, 0) is 9.59 Å². The molecular weight excluding hydrogens is 309 g/mol. The molecule has 102 valence electrons. The van der Waals surface area contributed by atoms with Crippen LogP contribution in [0.2, 0.25) is 8.67 Å². The Morgan fingerprint density at radius 2 is 2.05 bits per heavy atom. The van der Waals surface area contributed by atoms with E-state index in [1.54, 1.807) is 13.8 Å². The molecule has 0 spiro atoms. The SMILES string of the molecule is CC1(C)CC(=O)N(CC(=O)c2cc(Cl)sc2Cl)C1=O. The Morgan fingerprint density at radius 1 is 1.42 bits per heavy atom. The first-order valence-corrected chi connectivity index (χ1v) is 7.12. The Labute approximate surface area is 124 Å². The molecule has 2 rings (SSSR count). The Hall–Kier alpha value is -0.910. The maximum absolute atomic E-state index is 12.1. The van der Waals surface area contributed by atoms with Crippen molar-refractivity contribution < 1.29 is 14.4 Å². The van der Waals surface area contributed by atoms with Crippen LogP contribution < -0.4 is 0 Å². The van der Waals surface area contributed by atoms with Crippen molar-refractivity contribution in [2.75, 3.05) is 6.54 Å². The van der Waals surface area contributed by atoms with E-state index in [0.29, 0.717) is 4.34 Å². The molecule has 1 aromatic heterocycles. The normalized spacial score (nSPS) is 18.2. The summed E-state index contributed by atoms with van der Waals surface area (Å²) in [4.78, 5) is 36.8. The number of likely N-dealkylation sites (tertiary alicyclic amines) is 1. The smallest absolute Gasteiger partial charge is 0.235 e. The van der Waals surface area contributed by atoms with E-state index >= 15 is 0 Å². The molecule has 0 N–H and O–H groups in total. The number of amides is 2. The summed E-state index contributed by atoms with van der Waals surface area (Å²) in [7, 11) is 0. The number of Topliss-reactive ketones (excluding diaryl/α,β-unsaturated/α-hetero) is 1. The molecule has 0 radical (unpaired) electrons. The largest absolute Gasteiger partial charge is 0.292 e. The lowest BCUT2D eigenvalue weighted by Gasteiger charge is -2.16. The van der Waals surface area contributed by atoms with Gasteiger partial charge in [-0.25, -0.2) is 0 Å². The fourth-order valence-corrected chi connectivity index (χ4v) is 3.45. The molecule has 0 aliphatic carbocycles. The molecule has 7 heteroatoms. The monoisotopic (exact) mass is 319 g/mol. The number of imide groups is 1. The highest BCUT2D eigenvalue weighted by atomic mass is 35.5. The van der Waals surface area contributed by atoms with E-state index in [9.17, 15) is 14.4 Å². The maximum Gasteiger partial charge on any atom is 0.235 e. The average Bonchev–Trinajstić information content (AvgIpc) is 2.71. The minimum Gasteiger partial charge on any atom is -0.292 e. The molecule has 0 unspecified atom stereocenters. The van der Waals surface area contributed by atoms with Gasteiger partial charge in [0, 0.05) is 6.42 Å². The Balaban J connectivity index is 2.18. The number of hydrogen-bond donors (Lipinski definition) is 0. The van der Waals surface area contributed by atoms with Crippen molar-refractivity contribution in [3.63, 3.8) is 0 Å². The minimum absolute atomic E-state index is 0.122. The molecule has 4 nitrogen and oxygen atoms in total. The number of hydrogen-bond acceptors (Lipinski definition) is 4. The molecule has 1 aliphatic heterocycles. The fraction of sp³-hybridized carbons (Fsp3) is 0.417. The number of nitrogens with zero attached hydrogens (tertiary/aromatic N) is 1. The number of halogens is 2. The topological polar surface area (TPSA) is 54.5 Å². The third-order valence-corrected chi connectivity index (χ3v) is 4.46. The summed E-state index contributed by atoms with van der Waals surface area (Å²) in [6.45, 7) is 3.09. The van der Waals surface area contributed by atoms with Gasteiger partial charge in [-0.05, 0) is 6.07 Å². The second-order valence-corrected chi connectivity index (χ2v) is 7.29. The highest BCUT2D eigenvalue weighted by Gasteiger charge is 2.45. The second kappa shape index (κ2) is 4.89. The summed E-state index contributed by atoms with van der Waals surface area (Å²) in [5.74, 6) is -1.04. The molecule has 1 aliphatic rings. The van der Waals surface area contributed by atoms with Crippen LogP contribution in [0.4, 0.5) is 0 Å². The van der Waals surface area contributed by atoms with Crippen molar-refractivity contribution in [1.82, 2.24) is 4.90 Å². The standard InChI is InChI=1S/C12H11Cl2NO3S/c1-12(2)4-9(17)15(11(12)18)5-7(16)6-3-8(13)19-10(6)14/h3H,4-5H2,1-2H3. The number of thiophene rings is 1. The van der Waals surface area contributed by atoms with E-state index in [-0.39, 0.29) is 40.5 Å². The molecular formula is C12H11Cl2NO3S. The van der Waals surface area contributed by atoms with Crippen LogP contribution in [0, 0.1) is 5.41 Å². The van der Waals surface area contributed by atoms with Gasteiger partial charge in [-0.3, -0.25) is 19.3 Å². The minimum atomic E-state index is -0.743. The van der Waals surface area contributed by atoms with Crippen molar-refractivity contribution in [3.8, 4) is 0 Å². The molecule has 1 aromatic rings. The molecule has 0 bridgehead atoms. The van der Waals surface area contributed by atoms with Crippen LogP contribution in [0.3, 0.4) is 0 Å². The number of carbonyl (C=O) groups is 3. The first-order chi connectivity index (χ1) is 8.72. The zero-order valence-electron chi connectivity index (χ0n) is 10.3. The van der Waals surface area contributed by atoms with Crippen LogP contribution in [0.5, 0.6) is 0 Å². The predicted octanol–water partition coefficient (Wildman–Crippen LogP) is 3.02. The lowest BCUT2D eigenvalue weighted by Crippen LogP contribution is -2.37. The van der Waals surface area contributed by atoms with Crippen LogP contribution in [-0.4, -0.2) is 29.0 Å². The van der Waals surface area contributed by atoms with Gasteiger partial charge in [0.25, 0.3) is 0 Å². The summed E-state index contributed by atoms with van der Waals surface area (Å²) in [5, 5.41) is 0. The Bertz CT molecular complexity index is 580. The molecule has 0 atom stereocenters. The van der Waals surface area contributed by atoms with Gasteiger partial charge in [0.15, 0.2) is 5.78 Å². The van der Waals surface area contributed by atoms with E-state index in [4.69, 9.17) is 23.2 Å². The summed E-state index contributed by atoms with van der Waals surface area (Å²) >= 11 is 12.7. The summed E-state index contributed by atoms with van der Waals surface area (Å²) in [6.07, 6.45) is 0.122. The fourth-order valence-electron chi connectivity index (χ4n) is 1.95. The van der Waals surface area contributed by atoms with Crippen LogP contribution in [0.1, 0.15) is 30.6 Å². The van der Waals surface area contributed by atoms with E-state index in [2.05, 4.69) is 0 Å². The zero-order chi connectivity index (χ0) is 14.4. The predicted molar refractivity (Wildman–Crippen MR) is 73.8 cm³/mol. The van der Waals surface area contributed by atoms with E-state index < -0.39 is 5.41 Å². The summed E-state index contributed by atoms with van der Waals surface area (Å²) < 4.78 is 0.668. The third-order valence-electron chi connectivity index (χ3n) is 2.98. The van der Waals surface area contributed by atoms with Crippen molar-refractivity contribution in [1.29, 1.82) is 0 Å². The third kappa shape index (κ3) is 2.68. The van der Waals surface area contributed by atoms with Gasteiger partial charge in [0.05, 0.1) is 21.9 Å². The van der Waals surface area contributed by atoms with Gasteiger partial charge >= 0.3 is 0 Å². The molecule has 2 amide bonds. The zero-order valence-corrected chi connectivity index (χ0v) is 12.7. The van der Waals surface area contributed by atoms with Crippen molar-refractivity contribution >= 4 is 52.1 Å². The van der Waals surface area contributed by atoms with Crippen LogP contribution in [0.25, 0.3) is 0 Å². The van der Waals surface area contributed by atoms with Crippen LogP contribution in [0.15, 0.2) is 6.07 Å². The average molecular weight is 320 g/mol. The Kier molecular flexibility index (Phi) is 3.73. The van der Waals surface area contributed by atoms with Gasteiger partial charge in [-0.2, -0.15) is 0 Å². The van der Waals surface area contributed by atoms with Gasteiger partial charge in [0.2, 0.25) is 11.8 Å². The van der Waals surface area contributed by atoms with Gasteiger partial charge in [0.1, 0.15) is 4.34 Å². The molecule has 19 heavy (non-hydrogen) atoms. The van der Waals surface area contributed by atoms with E-state index in [0.717, 1.165) is 16.2 Å². The number of ketones is 1. The van der Waals surface area contributed by atoms with Crippen molar-refractivity contribution in [2.45, 2.75) is 20.3 Å². The van der Waals surface area contributed by atoms with Crippen molar-refractivity contribution in [2.24, 2.45) is 5.41 Å². The lowest BCUT2D eigenvalue weighted by atomic mass is 9.92. The summed E-state index contributed by atoms with van der Waals surface area (Å²) in [6, 6.07) is 1.45. The Morgan fingerprint density at radius 3 is 2.47 bits per heavy atom. The van der Waals surface area contributed by atoms with Gasteiger partial charge in [-0.15, -0.1) is 11.3 Å². The molecule has 1 fully saturated rings. The van der Waals surface area contributed by atoms with Crippen LogP contribution >= 0.6 is 34.5 Å². The molecule has 1 saturated heterocycles. The van der Waals surface area contributed by atoms with Crippen molar-refractivity contribution in [3.05, 3.63) is 20.3 Å². The van der Waals surface area contributed by atoms with Gasteiger partial charge < -0.3 is 0 Å². The highest BCUT2D eigenvalue weighted by Crippen LogP contribution is 2.34. The van der Waals surface area contributed by atoms with E-state index in [1.165, 1.54) is 6.07 Å². The number of carbonyl (C=O) groups excluding carboxylic acids is 3. The molecule has 2 heterocycles. The highest BCUT2D eigenvalue weighted by molar-refractivity contribution is 7.20. The molecule has 0 saturated carbocycles. The summed E-state index contributed by atoms with van der Waals surface area (Å²) in [5.41, 5.74) is -0.491. The number of rotatable bonds is 3. The van der Waals surface area contributed by atoms with Gasteiger partial charge in [-0.1, -0.05) is 37.0 Å².